The van der Waals surface area contributed by atoms with Crippen LogP contribution in [0.25, 0.3) is 10.2 Å². The molecule has 0 radical (unpaired) electrons. The summed E-state index contributed by atoms with van der Waals surface area (Å²) in [7, 11) is 0. The van der Waals surface area contributed by atoms with Crippen molar-refractivity contribution in [2.24, 2.45) is 0 Å². The number of fused-ring (bicyclic) bond motifs is 1. The van der Waals surface area contributed by atoms with Crippen molar-refractivity contribution in [3.8, 4) is 0 Å². The van der Waals surface area contributed by atoms with Gasteiger partial charge in [0.1, 0.15) is 4.83 Å². The van der Waals surface area contributed by atoms with Crippen LogP contribution in [0.1, 0.15) is 49.6 Å². The summed E-state index contributed by atoms with van der Waals surface area (Å²) in [6.45, 7) is 6.19. The van der Waals surface area contributed by atoms with E-state index in [-0.39, 0.29) is 18.2 Å². The van der Waals surface area contributed by atoms with Crippen LogP contribution in [-0.4, -0.2) is 21.3 Å². The summed E-state index contributed by atoms with van der Waals surface area (Å²) in [6, 6.07) is -0.163. The molecular weight excluding hydrogens is 272 g/mol. The first-order chi connectivity index (χ1) is 9.63. The second-order valence-corrected chi connectivity index (χ2v) is 6.31. The van der Waals surface area contributed by atoms with E-state index in [1.54, 1.807) is 22.2 Å². The Morgan fingerprint density at radius 1 is 1.45 bits per heavy atom. The van der Waals surface area contributed by atoms with Crippen LogP contribution in [0.3, 0.4) is 0 Å². The van der Waals surface area contributed by atoms with E-state index in [2.05, 4.69) is 18.8 Å². The van der Waals surface area contributed by atoms with E-state index in [1.165, 1.54) is 4.88 Å². The number of aryl methyl sites for hydroxylation is 2. The van der Waals surface area contributed by atoms with E-state index < -0.39 is 0 Å². The third-order valence-corrected chi connectivity index (χ3v) is 4.84. The summed E-state index contributed by atoms with van der Waals surface area (Å²) in [5.74, 6) is 0. The third-order valence-electron chi connectivity index (χ3n) is 3.79. The van der Waals surface area contributed by atoms with E-state index in [0.29, 0.717) is 0 Å². The zero-order valence-electron chi connectivity index (χ0n) is 12.3. The largest absolute Gasteiger partial charge is 0.394 e. The molecule has 110 valence electrons. The number of hydrogen-bond donors (Lipinski definition) is 1. The molecule has 5 heteroatoms. The summed E-state index contributed by atoms with van der Waals surface area (Å²) in [6.07, 6.45) is 5.30. The van der Waals surface area contributed by atoms with Crippen molar-refractivity contribution in [3.63, 3.8) is 0 Å². The molecule has 0 spiro atoms. The van der Waals surface area contributed by atoms with Gasteiger partial charge >= 0.3 is 0 Å². The molecule has 0 aromatic carbocycles. The molecule has 0 amide bonds. The van der Waals surface area contributed by atoms with Gasteiger partial charge in [-0.3, -0.25) is 9.36 Å². The summed E-state index contributed by atoms with van der Waals surface area (Å²) < 4.78 is 1.61. The van der Waals surface area contributed by atoms with E-state index in [1.807, 2.05) is 6.92 Å². The maximum atomic E-state index is 12.7. The van der Waals surface area contributed by atoms with Gasteiger partial charge in [0.2, 0.25) is 0 Å². The fourth-order valence-corrected chi connectivity index (χ4v) is 3.69. The molecular formula is C15H22N2O2S. The molecule has 2 aromatic rings. The molecule has 0 aliphatic heterocycles. The average Bonchev–Trinajstić information content (AvgIpc) is 2.78. The van der Waals surface area contributed by atoms with Gasteiger partial charge in [0.05, 0.1) is 24.4 Å². The van der Waals surface area contributed by atoms with E-state index in [0.717, 1.165) is 41.5 Å². The highest BCUT2D eigenvalue weighted by molar-refractivity contribution is 7.18. The average molecular weight is 294 g/mol. The van der Waals surface area contributed by atoms with Crippen LogP contribution in [-0.2, 0) is 6.42 Å². The van der Waals surface area contributed by atoms with E-state index >= 15 is 0 Å². The maximum Gasteiger partial charge on any atom is 0.262 e. The first kappa shape index (κ1) is 15.2. The summed E-state index contributed by atoms with van der Waals surface area (Å²) in [5.41, 5.74) is 1.09. The lowest BCUT2D eigenvalue weighted by Gasteiger charge is -2.16. The van der Waals surface area contributed by atoms with Gasteiger partial charge in [-0.2, -0.15) is 0 Å². The van der Waals surface area contributed by atoms with Crippen LogP contribution in [0, 0.1) is 6.92 Å². The first-order valence-electron chi connectivity index (χ1n) is 7.23. The molecule has 4 nitrogen and oxygen atoms in total. The molecule has 1 atom stereocenters. The van der Waals surface area contributed by atoms with Gasteiger partial charge in [-0.25, -0.2) is 4.98 Å². The minimum atomic E-state index is -0.163. The van der Waals surface area contributed by atoms with Gasteiger partial charge in [0.15, 0.2) is 0 Å². The number of aromatic nitrogens is 2. The SMILES string of the molecule is CCCC[C@@H](CO)n1cnc2sc(C)c(CC)c2c1=O. The molecule has 0 saturated heterocycles. The van der Waals surface area contributed by atoms with Crippen molar-refractivity contribution in [2.45, 2.75) is 52.5 Å². The van der Waals surface area contributed by atoms with Crippen LogP contribution >= 0.6 is 11.3 Å². The van der Waals surface area contributed by atoms with Crippen molar-refractivity contribution in [1.29, 1.82) is 0 Å². The molecule has 1 N–H and O–H groups in total. The van der Waals surface area contributed by atoms with Gasteiger partial charge in [-0.05, 0) is 25.3 Å². The molecule has 0 fully saturated rings. The van der Waals surface area contributed by atoms with Crippen LogP contribution in [0.4, 0.5) is 0 Å². The fourth-order valence-electron chi connectivity index (χ4n) is 2.61. The summed E-state index contributed by atoms with van der Waals surface area (Å²) in [4.78, 5) is 19.1. The zero-order chi connectivity index (χ0) is 14.7. The molecule has 20 heavy (non-hydrogen) atoms. The number of nitrogens with zero attached hydrogens (tertiary/aromatic N) is 2. The molecule has 0 saturated carbocycles. The van der Waals surface area contributed by atoms with Gasteiger partial charge in [-0.15, -0.1) is 11.3 Å². The van der Waals surface area contributed by atoms with Crippen molar-refractivity contribution in [2.75, 3.05) is 6.61 Å². The Balaban J connectivity index is 2.55. The Kier molecular flexibility index (Phi) is 4.94. The minimum Gasteiger partial charge on any atom is -0.394 e. The lowest BCUT2D eigenvalue weighted by Crippen LogP contribution is -2.27. The molecule has 2 rings (SSSR count). The number of aliphatic hydroxyl groups excluding tert-OH is 1. The predicted octanol–water partition coefficient (Wildman–Crippen LogP) is 3.05. The molecule has 0 aliphatic carbocycles. The van der Waals surface area contributed by atoms with Crippen LogP contribution in [0.2, 0.25) is 0 Å². The number of unbranched alkanes of at least 4 members (excludes halogenated alkanes) is 1. The molecule has 2 aromatic heterocycles. The Morgan fingerprint density at radius 3 is 2.80 bits per heavy atom. The topological polar surface area (TPSA) is 55.1 Å². The standard InChI is InChI=1S/C15H22N2O2S/c1-4-6-7-11(8-18)17-9-16-14-13(15(17)19)12(5-2)10(3)20-14/h9,11,18H,4-8H2,1-3H3/t11-/m0/s1. The number of hydrogen-bond acceptors (Lipinski definition) is 4. The first-order valence-corrected chi connectivity index (χ1v) is 8.05. The van der Waals surface area contributed by atoms with Crippen molar-refractivity contribution in [1.82, 2.24) is 9.55 Å². The number of aliphatic hydroxyl groups is 1. The second kappa shape index (κ2) is 6.50. The Morgan fingerprint density at radius 2 is 2.20 bits per heavy atom. The van der Waals surface area contributed by atoms with Crippen LogP contribution < -0.4 is 5.56 Å². The minimum absolute atomic E-state index is 0.00801. The second-order valence-electron chi connectivity index (χ2n) is 5.11. The van der Waals surface area contributed by atoms with Gasteiger partial charge in [0, 0.05) is 4.88 Å². The van der Waals surface area contributed by atoms with Crippen molar-refractivity contribution in [3.05, 3.63) is 27.1 Å². The highest BCUT2D eigenvalue weighted by atomic mass is 32.1. The zero-order valence-corrected chi connectivity index (χ0v) is 13.2. The van der Waals surface area contributed by atoms with Gasteiger partial charge < -0.3 is 5.11 Å². The van der Waals surface area contributed by atoms with Crippen molar-refractivity contribution < 1.29 is 5.11 Å². The van der Waals surface area contributed by atoms with Crippen molar-refractivity contribution >= 4 is 21.6 Å². The molecule has 2 heterocycles. The Hall–Kier alpha value is -1.20. The number of rotatable bonds is 6. The lowest BCUT2D eigenvalue weighted by molar-refractivity contribution is 0.215. The van der Waals surface area contributed by atoms with Crippen LogP contribution in [0.15, 0.2) is 11.1 Å². The highest BCUT2D eigenvalue weighted by Crippen LogP contribution is 2.27. The third kappa shape index (κ3) is 2.65. The quantitative estimate of drug-likeness (QED) is 0.891. The summed E-state index contributed by atoms with van der Waals surface area (Å²) in [5, 5.41) is 10.3. The maximum absolute atomic E-state index is 12.7. The predicted molar refractivity (Wildman–Crippen MR) is 83.6 cm³/mol. The number of thiophene rings is 1. The lowest BCUT2D eigenvalue weighted by atomic mass is 10.1. The van der Waals surface area contributed by atoms with E-state index in [4.69, 9.17) is 0 Å². The summed E-state index contributed by atoms with van der Waals surface area (Å²) >= 11 is 1.58. The molecule has 0 unspecified atom stereocenters. The fraction of sp³-hybridized carbons (Fsp3) is 0.600. The van der Waals surface area contributed by atoms with Gasteiger partial charge in [0.25, 0.3) is 5.56 Å². The van der Waals surface area contributed by atoms with E-state index in [9.17, 15) is 9.90 Å². The van der Waals surface area contributed by atoms with Crippen LogP contribution in [0.5, 0.6) is 0 Å². The Bertz CT molecular complexity index is 645. The monoisotopic (exact) mass is 294 g/mol. The molecule has 0 aliphatic rings. The smallest absolute Gasteiger partial charge is 0.262 e. The molecule has 0 bridgehead atoms. The normalized spacial score (nSPS) is 13.0. The van der Waals surface area contributed by atoms with Gasteiger partial charge in [-0.1, -0.05) is 26.7 Å². The Labute approximate surface area is 123 Å². The highest BCUT2D eigenvalue weighted by Gasteiger charge is 2.17.